The summed E-state index contributed by atoms with van der Waals surface area (Å²) in [5.74, 6) is -0.248. The number of hydrogen-bond acceptors (Lipinski definition) is 2. The summed E-state index contributed by atoms with van der Waals surface area (Å²) in [6, 6.07) is 8.35. The normalized spacial score (nSPS) is 20.5. The fourth-order valence-corrected chi connectivity index (χ4v) is 3.50. The molecule has 1 heterocycles. The van der Waals surface area contributed by atoms with Crippen molar-refractivity contribution >= 4 is 17.5 Å². The minimum Gasteiger partial charge on any atom is -0.336 e. The number of fused-ring (bicyclic) bond motifs is 1. The van der Waals surface area contributed by atoms with Crippen LogP contribution in [0.2, 0.25) is 0 Å². The van der Waals surface area contributed by atoms with Crippen LogP contribution in [-0.2, 0) is 9.59 Å². The maximum Gasteiger partial charge on any atom is 0.231 e. The highest BCUT2D eigenvalue weighted by atomic mass is 16.2. The molecule has 1 fully saturated rings. The molecule has 4 heteroatoms. The molecule has 0 aromatic heterocycles. The Balaban J connectivity index is 1.92. The van der Waals surface area contributed by atoms with E-state index in [0.717, 1.165) is 36.9 Å². The number of carbonyl (C=O) groups excluding carboxylic acids is 2. The molecule has 0 spiro atoms. The van der Waals surface area contributed by atoms with Crippen molar-refractivity contribution in [2.45, 2.75) is 64.0 Å². The second-order valence-electron chi connectivity index (χ2n) is 6.34. The largest absolute Gasteiger partial charge is 0.336 e. The quantitative estimate of drug-likeness (QED) is 0.907. The van der Waals surface area contributed by atoms with Crippen LogP contribution < -0.4 is 5.32 Å². The first-order valence-corrected chi connectivity index (χ1v) is 8.36. The predicted molar refractivity (Wildman–Crippen MR) is 86.7 cm³/mol. The summed E-state index contributed by atoms with van der Waals surface area (Å²) in [7, 11) is 0. The second kappa shape index (κ2) is 6.11. The number of nitrogens with zero attached hydrogens (tertiary/aromatic N) is 1. The number of para-hydroxylation sites is 1. The fourth-order valence-electron chi connectivity index (χ4n) is 3.50. The molecule has 1 atom stereocenters. The zero-order valence-corrected chi connectivity index (χ0v) is 13.3. The van der Waals surface area contributed by atoms with Crippen LogP contribution in [0, 0.1) is 0 Å². The standard InChI is InChI=1S/C18H24N2O2/c1-3-12(4-2)20(13-9-10-13)18(22)15-11-17(21)19-16-8-6-5-7-14(15)16/h5-8,12-13,15H,3-4,9-11H2,1-2H3,(H,19,21)/t15-/m1/s1. The van der Waals surface area contributed by atoms with Crippen LogP contribution in [0.1, 0.15) is 57.4 Å². The van der Waals surface area contributed by atoms with Gasteiger partial charge in [0.15, 0.2) is 0 Å². The highest BCUT2D eigenvalue weighted by Crippen LogP contribution is 2.38. The Hall–Kier alpha value is -1.84. The minimum atomic E-state index is -0.328. The van der Waals surface area contributed by atoms with Gasteiger partial charge in [0.05, 0.1) is 5.92 Å². The minimum absolute atomic E-state index is 0.0580. The lowest BCUT2D eigenvalue weighted by molar-refractivity contribution is -0.138. The molecule has 1 saturated carbocycles. The molecule has 0 radical (unpaired) electrons. The van der Waals surface area contributed by atoms with Crippen LogP contribution in [0.4, 0.5) is 5.69 Å². The molecule has 0 unspecified atom stereocenters. The van der Waals surface area contributed by atoms with Gasteiger partial charge in [0, 0.05) is 24.2 Å². The third kappa shape index (κ3) is 2.74. The topological polar surface area (TPSA) is 49.4 Å². The lowest BCUT2D eigenvalue weighted by Crippen LogP contribution is -2.45. The van der Waals surface area contributed by atoms with Gasteiger partial charge in [0.1, 0.15) is 0 Å². The van der Waals surface area contributed by atoms with Crippen LogP contribution in [0.3, 0.4) is 0 Å². The molecule has 3 rings (SSSR count). The molecular formula is C18H24N2O2. The van der Waals surface area contributed by atoms with Crippen LogP contribution in [0.5, 0.6) is 0 Å². The molecule has 118 valence electrons. The van der Waals surface area contributed by atoms with E-state index in [2.05, 4.69) is 24.1 Å². The summed E-state index contributed by atoms with van der Waals surface area (Å²) in [6.45, 7) is 4.27. The summed E-state index contributed by atoms with van der Waals surface area (Å²) in [5.41, 5.74) is 1.75. The molecule has 2 aliphatic rings. The van der Waals surface area contributed by atoms with Gasteiger partial charge in [0.2, 0.25) is 11.8 Å². The number of benzene rings is 1. The molecule has 1 aromatic rings. The molecular weight excluding hydrogens is 276 g/mol. The van der Waals surface area contributed by atoms with Crippen molar-refractivity contribution in [3.8, 4) is 0 Å². The lowest BCUT2D eigenvalue weighted by Gasteiger charge is -2.35. The van der Waals surface area contributed by atoms with Gasteiger partial charge < -0.3 is 10.2 Å². The molecule has 0 bridgehead atoms. The fraction of sp³-hybridized carbons (Fsp3) is 0.556. The summed E-state index contributed by atoms with van der Waals surface area (Å²) < 4.78 is 0. The summed E-state index contributed by atoms with van der Waals surface area (Å²) in [6.07, 6.45) is 4.41. The number of carbonyl (C=O) groups is 2. The van der Waals surface area contributed by atoms with Crippen molar-refractivity contribution in [1.82, 2.24) is 4.90 Å². The Bertz CT molecular complexity index is 576. The van der Waals surface area contributed by atoms with Crippen molar-refractivity contribution in [1.29, 1.82) is 0 Å². The highest BCUT2D eigenvalue weighted by Gasteiger charge is 2.41. The Kier molecular flexibility index (Phi) is 4.19. The predicted octanol–water partition coefficient (Wildman–Crippen LogP) is 3.29. The van der Waals surface area contributed by atoms with Gasteiger partial charge in [-0.05, 0) is 37.3 Å². The smallest absolute Gasteiger partial charge is 0.231 e. The van der Waals surface area contributed by atoms with Crippen LogP contribution in [0.25, 0.3) is 0 Å². The molecule has 1 aromatic carbocycles. The van der Waals surface area contributed by atoms with Gasteiger partial charge in [0.25, 0.3) is 0 Å². The lowest BCUT2D eigenvalue weighted by atomic mass is 9.88. The number of amides is 2. The number of anilines is 1. The van der Waals surface area contributed by atoms with Gasteiger partial charge in [-0.3, -0.25) is 9.59 Å². The summed E-state index contributed by atoms with van der Waals surface area (Å²) >= 11 is 0. The Morgan fingerprint density at radius 1 is 1.27 bits per heavy atom. The highest BCUT2D eigenvalue weighted by molar-refractivity contribution is 6.01. The average Bonchev–Trinajstić information content (AvgIpc) is 3.35. The van der Waals surface area contributed by atoms with E-state index in [0.29, 0.717) is 6.04 Å². The molecule has 4 nitrogen and oxygen atoms in total. The van der Waals surface area contributed by atoms with Crippen molar-refractivity contribution in [2.75, 3.05) is 5.32 Å². The maximum atomic E-state index is 13.2. The number of nitrogens with one attached hydrogen (secondary N) is 1. The first-order chi connectivity index (χ1) is 10.7. The maximum absolute atomic E-state index is 13.2. The van der Waals surface area contributed by atoms with Gasteiger partial charge in [-0.2, -0.15) is 0 Å². The summed E-state index contributed by atoms with van der Waals surface area (Å²) in [5, 5.41) is 2.88. The first kappa shape index (κ1) is 15.1. The SMILES string of the molecule is CCC(CC)N(C(=O)[C@@H]1CC(=O)Nc2ccccc21)C1CC1. The molecule has 1 aliphatic carbocycles. The van der Waals surface area contributed by atoms with E-state index < -0.39 is 0 Å². The van der Waals surface area contributed by atoms with E-state index >= 15 is 0 Å². The molecule has 22 heavy (non-hydrogen) atoms. The third-order valence-electron chi connectivity index (χ3n) is 4.83. The van der Waals surface area contributed by atoms with Crippen LogP contribution >= 0.6 is 0 Å². The van der Waals surface area contributed by atoms with Gasteiger partial charge in [-0.25, -0.2) is 0 Å². The van der Waals surface area contributed by atoms with E-state index in [1.165, 1.54) is 0 Å². The van der Waals surface area contributed by atoms with Crippen molar-refractivity contribution < 1.29 is 9.59 Å². The zero-order valence-electron chi connectivity index (χ0n) is 13.3. The number of hydrogen-bond donors (Lipinski definition) is 1. The van der Waals surface area contributed by atoms with Crippen LogP contribution in [-0.4, -0.2) is 28.8 Å². The van der Waals surface area contributed by atoms with Crippen LogP contribution in [0.15, 0.2) is 24.3 Å². The molecule has 1 aliphatic heterocycles. The Morgan fingerprint density at radius 2 is 1.95 bits per heavy atom. The van der Waals surface area contributed by atoms with Crippen molar-refractivity contribution in [3.05, 3.63) is 29.8 Å². The van der Waals surface area contributed by atoms with Gasteiger partial charge >= 0.3 is 0 Å². The monoisotopic (exact) mass is 300 g/mol. The third-order valence-corrected chi connectivity index (χ3v) is 4.83. The van der Waals surface area contributed by atoms with E-state index in [4.69, 9.17) is 0 Å². The van der Waals surface area contributed by atoms with Gasteiger partial charge in [-0.1, -0.05) is 32.0 Å². The second-order valence-corrected chi connectivity index (χ2v) is 6.34. The van der Waals surface area contributed by atoms with Crippen molar-refractivity contribution in [2.24, 2.45) is 0 Å². The number of rotatable bonds is 5. The molecule has 0 saturated heterocycles. The summed E-state index contributed by atoms with van der Waals surface area (Å²) in [4.78, 5) is 27.3. The van der Waals surface area contributed by atoms with Crippen molar-refractivity contribution in [3.63, 3.8) is 0 Å². The van der Waals surface area contributed by atoms with E-state index in [-0.39, 0.29) is 30.2 Å². The first-order valence-electron chi connectivity index (χ1n) is 8.36. The average molecular weight is 300 g/mol. The zero-order chi connectivity index (χ0) is 15.7. The Labute approximate surface area is 131 Å². The van der Waals surface area contributed by atoms with E-state index in [9.17, 15) is 9.59 Å². The van der Waals surface area contributed by atoms with E-state index in [1.54, 1.807) is 0 Å². The van der Waals surface area contributed by atoms with E-state index in [1.807, 2.05) is 24.3 Å². The molecule has 2 amide bonds. The van der Waals surface area contributed by atoms with Gasteiger partial charge in [-0.15, -0.1) is 0 Å². The molecule has 1 N–H and O–H groups in total. The Morgan fingerprint density at radius 3 is 2.59 bits per heavy atom.